The topological polar surface area (TPSA) is 91.0 Å². The van der Waals surface area contributed by atoms with Crippen LogP contribution in [-0.4, -0.2) is 26.2 Å². The highest BCUT2D eigenvalue weighted by Crippen LogP contribution is 2.35. The van der Waals surface area contributed by atoms with Gasteiger partial charge in [-0.05, 0) is 42.8 Å². The molecule has 0 aliphatic heterocycles. The second-order valence-electron chi connectivity index (χ2n) is 9.78. The molecular formula is C32H25Cl2N5O3. The fraction of sp³-hybridized carbons (Fsp3) is 0.125. The Morgan fingerprint density at radius 3 is 2.40 bits per heavy atom. The molecule has 3 heterocycles. The van der Waals surface area contributed by atoms with Gasteiger partial charge in [0, 0.05) is 29.9 Å². The van der Waals surface area contributed by atoms with Crippen LogP contribution >= 0.6 is 23.2 Å². The first-order valence-electron chi connectivity index (χ1n) is 13.2. The highest BCUT2D eigenvalue weighted by atomic mass is 35.5. The van der Waals surface area contributed by atoms with Crippen molar-refractivity contribution in [3.63, 3.8) is 0 Å². The SMILES string of the molecule is COc1ccc(Cn2ccc(=O)c3c(N[C@@H](C)c4c(Cl)c5cccc(Cl)c5c(=O)n4-c4ccccc4)ncnc32)cc1. The zero-order chi connectivity index (χ0) is 29.4. The summed E-state index contributed by atoms with van der Waals surface area (Å²) in [4.78, 5) is 36.0. The first kappa shape index (κ1) is 27.5. The van der Waals surface area contributed by atoms with Crippen LogP contribution in [-0.2, 0) is 6.54 Å². The second kappa shape index (κ2) is 11.3. The molecule has 3 aromatic carbocycles. The van der Waals surface area contributed by atoms with Crippen molar-refractivity contribution < 1.29 is 4.74 Å². The number of fused-ring (bicyclic) bond motifs is 2. The van der Waals surface area contributed by atoms with E-state index in [9.17, 15) is 9.59 Å². The van der Waals surface area contributed by atoms with E-state index in [1.165, 1.54) is 12.4 Å². The van der Waals surface area contributed by atoms with Gasteiger partial charge >= 0.3 is 0 Å². The molecule has 0 saturated heterocycles. The van der Waals surface area contributed by atoms with Crippen molar-refractivity contribution in [2.24, 2.45) is 0 Å². The fourth-order valence-corrected chi connectivity index (χ4v) is 5.83. The summed E-state index contributed by atoms with van der Waals surface area (Å²) < 4.78 is 8.71. The molecular weight excluding hydrogens is 573 g/mol. The number of nitrogens with zero attached hydrogens (tertiary/aromatic N) is 4. The van der Waals surface area contributed by atoms with Crippen molar-refractivity contribution >= 4 is 50.8 Å². The largest absolute Gasteiger partial charge is 0.497 e. The van der Waals surface area contributed by atoms with Crippen molar-refractivity contribution in [1.82, 2.24) is 19.1 Å². The third kappa shape index (κ3) is 4.89. The highest BCUT2D eigenvalue weighted by Gasteiger charge is 2.24. The Balaban J connectivity index is 1.48. The van der Waals surface area contributed by atoms with Crippen LogP contribution in [0.15, 0.2) is 101 Å². The van der Waals surface area contributed by atoms with Crippen LogP contribution in [0.3, 0.4) is 0 Å². The number of nitrogens with one attached hydrogen (secondary N) is 1. The van der Waals surface area contributed by atoms with E-state index in [0.717, 1.165) is 11.3 Å². The summed E-state index contributed by atoms with van der Waals surface area (Å²) in [6.07, 6.45) is 3.12. The van der Waals surface area contributed by atoms with Crippen LogP contribution in [0.1, 0.15) is 24.2 Å². The van der Waals surface area contributed by atoms with Gasteiger partial charge in [-0.2, -0.15) is 0 Å². The molecule has 3 aromatic heterocycles. The lowest BCUT2D eigenvalue weighted by molar-refractivity contribution is 0.414. The Morgan fingerprint density at radius 1 is 0.905 bits per heavy atom. The Kier molecular flexibility index (Phi) is 7.41. The summed E-state index contributed by atoms with van der Waals surface area (Å²) >= 11 is 13.5. The molecule has 0 saturated carbocycles. The maximum atomic E-state index is 13.9. The van der Waals surface area contributed by atoms with Crippen molar-refractivity contribution in [3.05, 3.63) is 133 Å². The Hall–Kier alpha value is -4.66. The van der Waals surface area contributed by atoms with E-state index < -0.39 is 6.04 Å². The van der Waals surface area contributed by atoms with Crippen molar-refractivity contribution in [3.8, 4) is 11.4 Å². The van der Waals surface area contributed by atoms with Crippen LogP contribution in [0.5, 0.6) is 5.75 Å². The van der Waals surface area contributed by atoms with E-state index in [1.54, 1.807) is 36.1 Å². The van der Waals surface area contributed by atoms with E-state index in [-0.39, 0.29) is 11.0 Å². The van der Waals surface area contributed by atoms with Crippen molar-refractivity contribution in [2.45, 2.75) is 19.5 Å². The number of methoxy groups -OCH3 is 1. The number of rotatable bonds is 7. The molecule has 0 amide bonds. The van der Waals surface area contributed by atoms with Gasteiger partial charge in [-0.25, -0.2) is 9.97 Å². The zero-order valence-corrected chi connectivity index (χ0v) is 24.2. The van der Waals surface area contributed by atoms with Crippen LogP contribution in [0.2, 0.25) is 10.0 Å². The minimum absolute atomic E-state index is 0.233. The lowest BCUT2D eigenvalue weighted by atomic mass is 10.1. The molecule has 8 nitrogen and oxygen atoms in total. The molecule has 0 bridgehead atoms. The Labute approximate surface area is 250 Å². The van der Waals surface area contributed by atoms with Crippen LogP contribution in [0.4, 0.5) is 5.82 Å². The van der Waals surface area contributed by atoms with Crippen LogP contribution < -0.4 is 21.0 Å². The number of aromatic nitrogens is 4. The molecule has 0 aliphatic carbocycles. The molecule has 1 atom stereocenters. The van der Waals surface area contributed by atoms with Gasteiger partial charge in [0.15, 0.2) is 5.43 Å². The standard InChI is InChI=1S/C32H25Cl2N5O3/c1-19(29-28(34)23-9-6-10-24(33)26(23)32(41)39(29)21-7-4-3-5-8-21)37-30-27-25(40)15-16-38(31(27)36-18-35-30)17-20-11-13-22(42-2)14-12-20/h3-16,18-19H,17H2,1-2H3,(H,35,36,37)/t19-/m0/s1. The summed E-state index contributed by atoms with van der Waals surface area (Å²) in [5.74, 6) is 1.09. The first-order chi connectivity index (χ1) is 20.4. The van der Waals surface area contributed by atoms with E-state index in [1.807, 2.05) is 66.1 Å². The number of anilines is 1. The second-order valence-corrected chi connectivity index (χ2v) is 10.6. The fourth-order valence-electron chi connectivity index (χ4n) is 5.17. The summed E-state index contributed by atoms with van der Waals surface area (Å²) in [6, 6.07) is 23.0. The molecule has 6 rings (SSSR count). The molecule has 42 heavy (non-hydrogen) atoms. The number of para-hydroxylation sites is 1. The van der Waals surface area contributed by atoms with Gasteiger partial charge in [-0.1, -0.05) is 65.7 Å². The van der Waals surface area contributed by atoms with Gasteiger partial charge < -0.3 is 14.6 Å². The number of ether oxygens (including phenoxy) is 1. The van der Waals surface area contributed by atoms with E-state index >= 15 is 0 Å². The predicted octanol–water partition coefficient (Wildman–Crippen LogP) is 6.63. The lowest BCUT2D eigenvalue weighted by Gasteiger charge is -2.23. The molecule has 1 N–H and O–H groups in total. The summed E-state index contributed by atoms with van der Waals surface area (Å²) in [5, 5.41) is 5.23. The maximum Gasteiger partial charge on any atom is 0.264 e. The maximum absolute atomic E-state index is 13.9. The van der Waals surface area contributed by atoms with Gasteiger partial charge in [0.2, 0.25) is 0 Å². The summed E-state index contributed by atoms with van der Waals surface area (Å²) in [6.45, 7) is 2.35. The average Bonchev–Trinajstić information content (AvgIpc) is 3.01. The number of hydrogen-bond acceptors (Lipinski definition) is 6. The summed E-state index contributed by atoms with van der Waals surface area (Å²) in [5.41, 5.74) is 2.08. The number of pyridine rings is 2. The van der Waals surface area contributed by atoms with Gasteiger partial charge in [0.1, 0.15) is 28.9 Å². The predicted molar refractivity (Wildman–Crippen MR) is 167 cm³/mol. The molecule has 210 valence electrons. The quantitative estimate of drug-likeness (QED) is 0.222. The molecule has 0 aliphatic rings. The summed E-state index contributed by atoms with van der Waals surface area (Å²) in [7, 11) is 1.62. The molecule has 0 unspecified atom stereocenters. The highest BCUT2D eigenvalue weighted by molar-refractivity contribution is 6.40. The minimum Gasteiger partial charge on any atom is -0.497 e. The van der Waals surface area contributed by atoms with E-state index in [0.29, 0.717) is 55.6 Å². The van der Waals surface area contributed by atoms with Gasteiger partial charge in [0.05, 0.1) is 34.3 Å². The smallest absolute Gasteiger partial charge is 0.264 e. The first-order valence-corrected chi connectivity index (χ1v) is 13.9. The average molecular weight is 598 g/mol. The zero-order valence-electron chi connectivity index (χ0n) is 22.7. The molecule has 10 heteroatoms. The van der Waals surface area contributed by atoms with Gasteiger partial charge in [-0.15, -0.1) is 0 Å². The van der Waals surface area contributed by atoms with Crippen molar-refractivity contribution in [2.75, 3.05) is 12.4 Å². The third-order valence-electron chi connectivity index (χ3n) is 7.17. The normalized spacial score (nSPS) is 12.0. The molecule has 0 radical (unpaired) electrons. The van der Waals surface area contributed by atoms with Gasteiger partial charge in [0.25, 0.3) is 5.56 Å². The van der Waals surface area contributed by atoms with E-state index in [2.05, 4.69) is 15.3 Å². The third-order valence-corrected chi connectivity index (χ3v) is 7.89. The lowest BCUT2D eigenvalue weighted by Crippen LogP contribution is -2.27. The molecule has 0 spiro atoms. The van der Waals surface area contributed by atoms with Crippen LogP contribution in [0.25, 0.3) is 27.5 Å². The number of halogens is 2. The number of hydrogen-bond donors (Lipinski definition) is 1. The van der Waals surface area contributed by atoms with Crippen molar-refractivity contribution in [1.29, 1.82) is 0 Å². The molecule has 6 aromatic rings. The number of benzene rings is 3. The van der Waals surface area contributed by atoms with Gasteiger partial charge in [-0.3, -0.25) is 14.2 Å². The van der Waals surface area contributed by atoms with E-state index in [4.69, 9.17) is 27.9 Å². The minimum atomic E-state index is -0.554. The Morgan fingerprint density at radius 2 is 1.67 bits per heavy atom. The molecule has 0 fully saturated rings. The van der Waals surface area contributed by atoms with Crippen LogP contribution in [0, 0.1) is 0 Å². The monoisotopic (exact) mass is 597 g/mol. The Bertz CT molecular complexity index is 2060.